The maximum absolute atomic E-state index is 5.17. The minimum atomic E-state index is 0.869. The highest BCUT2D eigenvalue weighted by molar-refractivity contribution is 9.11. The van der Waals surface area contributed by atoms with Gasteiger partial charge in [-0.05, 0) is 28.1 Å². The molecule has 1 aliphatic heterocycles. The highest BCUT2D eigenvalue weighted by atomic mass is 79.9. The molecular formula is C9H8Br2N2S. The van der Waals surface area contributed by atoms with Crippen LogP contribution in [-0.2, 0) is 0 Å². The Morgan fingerprint density at radius 3 is 2.86 bits per heavy atom. The van der Waals surface area contributed by atoms with E-state index in [2.05, 4.69) is 42.5 Å². The fourth-order valence-corrected chi connectivity index (χ4v) is 2.94. The lowest BCUT2D eigenvalue weighted by Gasteiger charge is -2.10. The van der Waals surface area contributed by atoms with Crippen molar-refractivity contribution in [2.24, 2.45) is 0 Å². The van der Waals surface area contributed by atoms with E-state index >= 15 is 0 Å². The molecule has 0 aromatic heterocycles. The minimum absolute atomic E-state index is 0.869. The quantitative estimate of drug-likeness (QED) is 0.706. The van der Waals surface area contributed by atoms with Crippen LogP contribution in [0.2, 0.25) is 0 Å². The number of anilines is 2. The van der Waals surface area contributed by atoms with E-state index in [0.29, 0.717) is 0 Å². The largest absolute Gasteiger partial charge is 0.382 e. The van der Waals surface area contributed by atoms with E-state index in [1.54, 1.807) is 0 Å². The first-order valence-electron chi connectivity index (χ1n) is 4.19. The van der Waals surface area contributed by atoms with Crippen LogP contribution in [0.25, 0.3) is 0 Å². The van der Waals surface area contributed by atoms with Crippen molar-refractivity contribution in [3.05, 3.63) is 21.1 Å². The van der Waals surface area contributed by atoms with Crippen LogP contribution in [0.1, 0.15) is 6.42 Å². The lowest BCUT2D eigenvalue weighted by molar-refractivity contribution is 1.13. The lowest BCUT2D eigenvalue weighted by Crippen LogP contribution is -2.08. The van der Waals surface area contributed by atoms with Gasteiger partial charge < -0.3 is 10.6 Å². The number of halogens is 2. The predicted molar refractivity (Wildman–Crippen MR) is 71.2 cm³/mol. The van der Waals surface area contributed by atoms with Gasteiger partial charge in [-0.2, -0.15) is 0 Å². The van der Waals surface area contributed by atoms with Crippen LogP contribution in [-0.4, -0.2) is 11.5 Å². The van der Waals surface area contributed by atoms with Crippen LogP contribution in [0, 0.1) is 0 Å². The Bertz CT molecular complexity index is 393. The molecule has 0 unspecified atom stereocenters. The Kier molecular flexibility index (Phi) is 3.09. The van der Waals surface area contributed by atoms with Crippen molar-refractivity contribution in [1.29, 1.82) is 0 Å². The molecule has 0 bridgehead atoms. The molecule has 0 fully saturated rings. The third-order valence-corrected chi connectivity index (χ3v) is 3.37. The number of hydrogen-bond donors (Lipinski definition) is 2. The molecule has 0 saturated carbocycles. The highest BCUT2D eigenvalue weighted by Gasteiger charge is 2.13. The van der Waals surface area contributed by atoms with Gasteiger partial charge in [-0.25, -0.2) is 0 Å². The standard InChI is InChI=1S/C9H8Br2N2S/c10-5-3-6(11)9-7(4-5)13-8(14)1-2-12-9/h3-4,12H,1-2H2,(H,13,14). The zero-order valence-corrected chi connectivity index (χ0v) is 11.2. The molecule has 74 valence electrons. The summed E-state index contributed by atoms with van der Waals surface area (Å²) in [6.45, 7) is 0.874. The second-order valence-electron chi connectivity index (χ2n) is 3.04. The van der Waals surface area contributed by atoms with Crippen LogP contribution in [0.3, 0.4) is 0 Å². The number of hydrogen-bond acceptors (Lipinski definition) is 2. The maximum atomic E-state index is 5.17. The Morgan fingerprint density at radius 2 is 2.07 bits per heavy atom. The average molecular weight is 336 g/mol. The molecule has 0 atom stereocenters. The molecule has 5 heteroatoms. The Morgan fingerprint density at radius 1 is 1.29 bits per heavy atom. The van der Waals surface area contributed by atoms with Crippen LogP contribution < -0.4 is 10.6 Å². The van der Waals surface area contributed by atoms with Crippen molar-refractivity contribution in [2.75, 3.05) is 17.2 Å². The molecule has 14 heavy (non-hydrogen) atoms. The van der Waals surface area contributed by atoms with E-state index in [9.17, 15) is 0 Å². The van der Waals surface area contributed by atoms with Crippen molar-refractivity contribution in [3.63, 3.8) is 0 Å². The SMILES string of the molecule is S=C1CCNc2c(Br)cc(Br)cc2N1. The monoisotopic (exact) mass is 334 g/mol. The normalized spacial score (nSPS) is 15.1. The molecule has 1 aliphatic rings. The summed E-state index contributed by atoms with van der Waals surface area (Å²) in [6, 6.07) is 4.03. The number of rotatable bonds is 0. The van der Waals surface area contributed by atoms with Gasteiger partial charge in [-0.15, -0.1) is 0 Å². The predicted octanol–water partition coefficient (Wildman–Crippen LogP) is 3.77. The van der Waals surface area contributed by atoms with Crippen molar-refractivity contribution in [1.82, 2.24) is 0 Å². The summed E-state index contributed by atoms with van der Waals surface area (Å²) in [5.41, 5.74) is 2.10. The second-order valence-corrected chi connectivity index (χ2v) is 5.30. The molecule has 2 N–H and O–H groups in total. The fourth-order valence-electron chi connectivity index (χ4n) is 1.37. The molecule has 0 aliphatic carbocycles. The first kappa shape index (κ1) is 10.4. The van der Waals surface area contributed by atoms with Crippen LogP contribution in [0.5, 0.6) is 0 Å². The smallest absolute Gasteiger partial charge is 0.0815 e. The Balaban J connectivity index is 2.50. The van der Waals surface area contributed by atoms with Crippen LogP contribution >= 0.6 is 44.1 Å². The van der Waals surface area contributed by atoms with Crippen molar-refractivity contribution < 1.29 is 0 Å². The molecule has 0 spiro atoms. The van der Waals surface area contributed by atoms with Gasteiger partial charge in [-0.1, -0.05) is 28.1 Å². The second kappa shape index (κ2) is 4.16. The summed E-state index contributed by atoms with van der Waals surface area (Å²) >= 11 is 12.1. The minimum Gasteiger partial charge on any atom is -0.382 e. The van der Waals surface area contributed by atoms with Crippen molar-refractivity contribution >= 4 is 60.4 Å². The van der Waals surface area contributed by atoms with E-state index in [1.807, 2.05) is 12.1 Å². The van der Waals surface area contributed by atoms with E-state index in [-0.39, 0.29) is 0 Å². The number of benzene rings is 1. The Hall–Kier alpha value is -0.130. The molecular weight excluding hydrogens is 328 g/mol. The van der Waals surface area contributed by atoms with Gasteiger partial charge in [-0.3, -0.25) is 0 Å². The zero-order valence-electron chi connectivity index (χ0n) is 7.23. The van der Waals surface area contributed by atoms with Crippen molar-refractivity contribution in [3.8, 4) is 0 Å². The fraction of sp³-hybridized carbons (Fsp3) is 0.222. The summed E-state index contributed by atoms with van der Waals surface area (Å²) in [5.74, 6) is 0. The van der Waals surface area contributed by atoms with Gasteiger partial charge in [0.15, 0.2) is 0 Å². The van der Waals surface area contributed by atoms with Gasteiger partial charge in [0.25, 0.3) is 0 Å². The zero-order chi connectivity index (χ0) is 10.1. The van der Waals surface area contributed by atoms with Crippen LogP contribution in [0.15, 0.2) is 21.1 Å². The van der Waals surface area contributed by atoms with E-state index in [1.165, 1.54) is 0 Å². The van der Waals surface area contributed by atoms with Gasteiger partial charge in [0, 0.05) is 21.9 Å². The van der Waals surface area contributed by atoms with Crippen LogP contribution in [0.4, 0.5) is 11.4 Å². The number of fused-ring (bicyclic) bond motifs is 1. The molecule has 1 aromatic rings. The van der Waals surface area contributed by atoms with Gasteiger partial charge in [0.2, 0.25) is 0 Å². The van der Waals surface area contributed by atoms with E-state index in [0.717, 1.165) is 38.3 Å². The third kappa shape index (κ3) is 2.10. The molecule has 2 nitrogen and oxygen atoms in total. The molecule has 0 radical (unpaired) electrons. The summed E-state index contributed by atoms with van der Waals surface area (Å²) in [6.07, 6.45) is 0.869. The van der Waals surface area contributed by atoms with Gasteiger partial charge in [0.05, 0.1) is 16.4 Å². The topological polar surface area (TPSA) is 24.1 Å². The average Bonchev–Trinajstić information content (AvgIpc) is 2.25. The molecule has 2 rings (SSSR count). The molecule has 1 heterocycles. The molecule has 0 saturated heterocycles. The molecule has 1 aromatic carbocycles. The summed E-state index contributed by atoms with van der Waals surface area (Å²) in [4.78, 5) is 0.876. The number of nitrogens with one attached hydrogen (secondary N) is 2. The summed E-state index contributed by atoms with van der Waals surface area (Å²) < 4.78 is 2.07. The number of thiocarbonyl (C=S) groups is 1. The Labute approximate surface area is 105 Å². The van der Waals surface area contributed by atoms with Gasteiger partial charge in [0.1, 0.15) is 0 Å². The lowest BCUT2D eigenvalue weighted by atomic mass is 10.2. The highest BCUT2D eigenvalue weighted by Crippen LogP contribution is 2.35. The van der Waals surface area contributed by atoms with E-state index in [4.69, 9.17) is 12.2 Å². The third-order valence-electron chi connectivity index (χ3n) is 1.98. The first-order valence-corrected chi connectivity index (χ1v) is 6.19. The first-order chi connectivity index (χ1) is 6.66. The van der Waals surface area contributed by atoms with Gasteiger partial charge >= 0.3 is 0 Å². The molecule has 0 amide bonds. The van der Waals surface area contributed by atoms with Crippen molar-refractivity contribution in [2.45, 2.75) is 6.42 Å². The maximum Gasteiger partial charge on any atom is 0.0815 e. The summed E-state index contributed by atoms with van der Waals surface area (Å²) in [5, 5.41) is 6.55. The van der Waals surface area contributed by atoms with E-state index < -0.39 is 0 Å². The summed E-state index contributed by atoms with van der Waals surface area (Å²) in [7, 11) is 0.